The van der Waals surface area contributed by atoms with Crippen LogP contribution in [0, 0.1) is 17.8 Å². The molecule has 0 spiro atoms. The van der Waals surface area contributed by atoms with Crippen molar-refractivity contribution in [2.24, 2.45) is 17.8 Å². The molecule has 0 saturated carbocycles. The molecule has 4 aliphatic rings. The van der Waals surface area contributed by atoms with Crippen LogP contribution in [-0.2, 0) is 42.7 Å². The van der Waals surface area contributed by atoms with Gasteiger partial charge in [-0.1, -0.05) is 20.8 Å². The minimum Gasteiger partial charge on any atom is -0.459 e. The zero-order chi connectivity index (χ0) is 40.7. The number of carbonyl (C=O) groups is 2. The molecular formula is C37H65NO16. The molecule has 1 unspecified atom stereocenters. The van der Waals surface area contributed by atoms with E-state index in [-0.39, 0.29) is 19.3 Å². The summed E-state index contributed by atoms with van der Waals surface area (Å²) >= 11 is 0. The van der Waals surface area contributed by atoms with Gasteiger partial charge in [-0.05, 0) is 73.4 Å². The second-order valence-corrected chi connectivity index (χ2v) is 16.6. The van der Waals surface area contributed by atoms with Crippen LogP contribution in [0.2, 0.25) is 0 Å². The Balaban J connectivity index is 1.86. The fourth-order valence-electron chi connectivity index (χ4n) is 8.51. The Bertz CT molecular complexity index is 1280. The lowest BCUT2D eigenvalue weighted by Gasteiger charge is -2.53. The van der Waals surface area contributed by atoms with E-state index in [9.17, 15) is 45.3 Å². The molecule has 54 heavy (non-hydrogen) atoms. The summed E-state index contributed by atoms with van der Waals surface area (Å²) in [6.45, 7) is 13.7. The number of Topliss-reactive ketones (excluding diaryl/α,β-unsaturated/α-hetero) is 1. The number of aliphatic hydroxyl groups is 7. The molecule has 0 radical (unpaired) electrons. The third-order valence-electron chi connectivity index (χ3n) is 12.5. The van der Waals surface area contributed by atoms with Gasteiger partial charge in [-0.15, -0.1) is 0 Å². The van der Waals surface area contributed by atoms with Crippen molar-refractivity contribution >= 4 is 11.8 Å². The molecule has 7 N–H and O–H groups in total. The van der Waals surface area contributed by atoms with E-state index in [2.05, 4.69) is 0 Å². The molecule has 0 amide bonds. The van der Waals surface area contributed by atoms with E-state index in [1.54, 1.807) is 34.6 Å². The van der Waals surface area contributed by atoms with E-state index >= 15 is 0 Å². The van der Waals surface area contributed by atoms with Crippen molar-refractivity contribution in [1.82, 2.24) is 4.90 Å². The lowest BCUT2D eigenvalue weighted by molar-refractivity contribution is -0.396. The van der Waals surface area contributed by atoms with Crippen LogP contribution in [0.5, 0.6) is 0 Å². The Labute approximate surface area is 317 Å². The maximum absolute atomic E-state index is 14.1. The molecule has 4 heterocycles. The number of esters is 1. The van der Waals surface area contributed by atoms with Crippen molar-refractivity contribution in [3.8, 4) is 0 Å². The average molecular weight is 780 g/mol. The molecule has 0 aliphatic carbocycles. The van der Waals surface area contributed by atoms with Crippen molar-refractivity contribution in [3.05, 3.63) is 0 Å². The van der Waals surface area contributed by atoms with Crippen LogP contribution in [0.1, 0.15) is 87.5 Å². The van der Waals surface area contributed by atoms with Crippen molar-refractivity contribution in [2.75, 3.05) is 27.3 Å². The number of methoxy groups -OCH3 is 2. The zero-order valence-electron chi connectivity index (χ0n) is 33.3. The molecular weight excluding hydrogens is 714 g/mol. The van der Waals surface area contributed by atoms with Crippen molar-refractivity contribution in [2.45, 2.75) is 178 Å². The highest BCUT2D eigenvalue weighted by atomic mass is 16.8. The quantitative estimate of drug-likeness (QED) is 0.122. The largest absolute Gasteiger partial charge is 0.459 e. The monoisotopic (exact) mass is 779 g/mol. The fraction of sp³-hybridized carbons (Fsp3) is 0.946. The van der Waals surface area contributed by atoms with Crippen molar-refractivity contribution in [1.29, 1.82) is 0 Å². The van der Waals surface area contributed by atoms with Gasteiger partial charge < -0.3 is 68.9 Å². The van der Waals surface area contributed by atoms with Gasteiger partial charge >= 0.3 is 5.97 Å². The third-order valence-corrected chi connectivity index (χ3v) is 12.5. The summed E-state index contributed by atoms with van der Waals surface area (Å²) < 4.78 is 42.4. The van der Waals surface area contributed by atoms with Crippen LogP contribution in [0.25, 0.3) is 0 Å². The number of hydrogen-bond donors (Lipinski definition) is 7. The maximum Gasteiger partial charge on any atom is 0.311 e. The molecule has 17 heteroatoms. The lowest BCUT2D eigenvalue weighted by atomic mass is 9.75. The Morgan fingerprint density at radius 1 is 0.852 bits per heavy atom. The topological polar surface area (TPSA) is 244 Å². The number of nitrogens with zero attached hydrogens (tertiary/aromatic N) is 1. The minimum absolute atomic E-state index is 0.0139. The molecule has 4 aliphatic heterocycles. The molecule has 17 nitrogen and oxygen atoms in total. The second kappa shape index (κ2) is 17.2. The normalized spacial score (nSPS) is 48.8. The SMILES string of the molecule is CC[C@H]1OC(=O)[C@H](C)[C@H](OC2C[C@@](C)(OC)[C@@H](O)[C@H](O)O2)[C@H](C)[C@@H](O[C@@H]2O[C@H](C)C[C@H](N3CCC3)C2(O)O)[C@](C)(OC)C[C@@H](C)C(=O)[C@H](O)[C@@H](O)[C@]1(C)O. The summed E-state index contributed by atoms with van der Waals surface area (Å²) in [4.78, 5) is 29.8. The zero-order valence-corrected chi connectivity index (χ0v) is 33.3. The van der Waals surface area contributed by atoms with Gasteiger partial charge in [0, 0.05) is 32.5 Å². The molecule has 0 aromatic rings. The van der Waals surface area contributed by atoms with Crippen LogP contribution >= 0.6 is 0 Å². The highest BCUT2D eigenvalue weighted by Gasteiger charge is 2.58. The molecule has 0 aromatic carbocycles. The van der Waals surface area contributed by atoms with E-state index in [0.717, 1.165) is 6.42 Å². The van der Waals surface area contributed by atoms with Crippen LogP contribution in [0.15, 0.2) is 0 Å². The summed E-state index contributed by atoms with van der Waals surface area (Å²) in [6.07, 6.45) is -13.7. The molecule has 4 saturated heterocycles. The van der Waals surface area contributed by atoms with E-state index in [0.29, 0.717) is 19.5 Å². The first-order valence-corrected chi connectivity index (χ1v) is 19.1. The van der Waals surface area contributed by atoms with Gasteiger partial charge in [-0.3, -0.25) is 14.5 Å². The summed E-state index contributed by atoms with van der Waals surface area (Å²) in [6, 6.07) is -0.741. The molecule has 314 valence electrons. The van der Waals surface area contributed by atoms with Crippen LogP contribution in [0.4, 0.5) is 0 Å². The summed E-state index contributed by atoms with van der Waals surface area (Å²) in [5.74, 6) is -7.48. The molecule has 0 bridgehead atoms. The van der Waals surface area contributed by atoms with E-state index < -0.39 is 120 Å². The molecule has 4 rings (SSSR count). The predicted molar refractivity (Wildman–Crippen MR) is 188 cm³/mol. The smallest absolute Gasteiger partial charge is 0.311 e. The standard InChI is InChI=1S/C37H65NO16/c1-11-23-36(8,45)28(41)26(40)25(39)18(2)16-35(7,49-10)30(54-33-37(46,47)22(15-19(3)50-33)38-13-12-14-38)20(4)27(21(5)31(43)51-23)52-24-17-34(6,48-9)29(42)32(44)53-24/h18-24,26-30,32-33,40-42,44-47H,11-17H2,1-10H3/t18-,19-,20+,21-,22+,23-,24?,26+,27-,28-,29+,30-,32-,33+,34-,35-,36-/m1/s1. The summed E-state index contributed by atoms with van der Waals surface area (Å²) in [5, 5.41) is 78.5. The van der Waals surface area contributed by atoms with Gasteiger partial charge in [0.25, 0.3) is 0 Å². The Hall–Kier alpha value is -1.42. The van der Waals surface area contributed by atoms with Gasteiger partial charge in [-0.2, -0.15) is 0 Å². The van der Waals surface area contributed by atoms with Gasteiger partial charge in [0.15, 0.2) is 18.4 Å². The Morgan fingerprint density at radius 3 is 2.00 bits per heavy atom. The van der Waals surface area contributed by atoms with E-state index in [1.807, 2.05) is 4.90 Å². The number of rotatable bonds is 8. The average Bonchev–Trinajstić information content (AvgIpc) is 3.09. The van der Waals surface area contributed by atoms with Gasteiger partial charge in [0.2, 0.25) is 12.1 Å². The number of cyclic esters (lactones) is 1. The highest BCUT2D eigenvalue weighted by molar-refractivity contribution is 5.85. The predicted octanol–water partition coefficient (Wildman–Crippen LogP) is -0.441. The maximum atomic E-state index is 14.1. The molecule has 17 atom stereocenters. The number of ether oxygens (including phenoxy) is 7. The lowest BCUT2D eigenvalue weighted by Crippen LogP contribution is -2.69. The number of likely N-dealkylation sites (tertiary alicyclic amines) is 1. The number of ketones is 1. The summed E-state index contributed by atoms with van der Waals surface area (Å²) in [7, 11) is 2.72. The number of hydrogen-bond acceptors (Lipinski definition) is 17. The third kappa shape index (κ3) is 8.84. The highest BCUT2D eigenvalue weighted by Crippen LogP contribution is 2.43. The first-order chi connectivity index (χ1) is 25.0. The first-order valence-electron chi connectivity index (χ1n) is 19.1. The van der Waals surface area contributed by atoms with Crippen molar-refractivity contribution in [3.63, 3.8) is 0 Å². The fourth-order valence-corrected chi connectivity index (χ4v) is 8.51. The van der Waals surface area contributed by atoms with E-state index in [1.165, 1.54) is 35.0 Å². The molecule has 4 fully saturated rings. The van der Waals surface area contributed by atoms with Gasteiger partial charge in [-0.25, -0.2) is 0 Å². The Kier molecular flexibility index (Phi) is 14.4. The van der Waals surface area contributed by atoms with Crippen molar-refractivity contribution < 1.29 is 78.5 Å². The number of carbonyl (C=O) groups excluding carboxylic acids is 2. The van der Waals surface area contributed by atoms with Gasteiger partial charge in [0.1, 0.15) is 35.6 Å². The van der Waals surface area contributed by atoms with Crippen LogP contribution < -0.4 is 0 Å². The Morgan fingerprint density at radius 2 is 1.46 bits per heavy atom. The second-order valence-electron chi connectivity index (χ2n) is 16.6. The van der Waals surface area contributed by atoms with Gasteiger partial charge in [0.05, 0.1) is 35.9 Å². The van der Waals surface area contributed by atoms with E-state index in [4.69, 9.17) is 33.2 Å². The minimum atomic E-state index is -2.52. The van der Waals surface area contributed by atoms with Crippen LogP contribution in [0.3, 0.4) is 0 Å². The summed E-state index contributed by atoms with van der Waals surface area (Å²) in [5.41, 5.74) is -5.14. The molecule has 0 aromatic heterocycles. The van der Waals surface area contributed by atoms with Crippen LogP contribution in [-0.4, -0.2) is 170 Å². The first kappa shape index (κ1) is 45.3. The number of aliphatic hydroxyl groups excluding tert-OH is 4.